The molecule has 1 amide bonds. The summed E-state index contributed by atoms with van der Waals surface area (Å²) in [5.41, 5.74) is 2.76. The number of rotatable bonds is 6. The van der Waals surface area contributed by atoms with Gasteiger partial charge in [-0.05, 0) is 43.3 Å². The van der Waals surface area contributed by atoms with Crippen LogP contribution in [0.4, 0.5) is 5.69 Å². The molecule has 0 saturated carbocycles. The first kappa shape index (κ1) is 17.5. The largest absolute Gasteiger partial charge is 0.411 e. The Morgan fingerprint density at radius 3 is 2.56 bits per heavy atom. The zero-order valence-electron chi connectivity index (χ0n) is 13.5. The number of halogens is 1. The number of hydrogen-bond donors (Lipinski definition) is 1. The Bertz CT molecular complexity index is 848. The maximum absolute atomic E-state index is 11.9. The molecule has 0 spiro atoms. The first-order valence-corrected chi connectivity index (χ1v) is 9.05. The lowest BCUT2D eigenvalue weighted by atomic mass is 10.2. The molecule has 1 N–H and O–H groups in total. The molecular formula is C18H16ClN3O2S. The number of nitrogens with one attached hydrogen (secondary N) is 1. The Kier molecular flexibility index (Phi) is 5.73. The summed E-state index contributed by atoms with van der Waals surface area (Å²) in [6, 6.07) is 14.9. The number of aryl methyl sites for hydroxylation is 1. The minimum absolute atomic E-state index is 0.0474. The van der Waals surface area contributed by atoms with Crippen LogP contribution < -0.4 is 5.32 Å². The standard InChI is InChI=1S/C18H16ClN3O2S/c1-12-2-8-15(9-3-12)20-16(23)10-11-25-18-22-21-17(24-18)13-4-6-14(19)7-5-13/h2-9H,10-11H2,1H3,(H,20,23). The summed E-state index contributed by atoms with van der Waals surface area (Å²) in [5, 5.41) is 11.9. The number of benzene rings is 2. The molecule has 0 aliphatic heterocycles. The molecular weight excluding hydrogens is 358 g/mol. The molecule has 0 saturated heterocycles. The predicted octanol–water partition coefficient (Wildman–Crippen LogP) is 4.82. The highest BCUT2D eigenvalue weighted by atomic mass is 35.5. The zero-order valence-corrected chi connectivity index (χ0v) is 15.1. The second-order valence-electron chi connectivity index (χ2n) is 5.39. The molecule has 128 valence electrons. The lowest BCUT2D eigenvalue weighted by molar-refractivity contribution is -0.115. The Balaban J connectivity index is 1.48. The number of aromatic nitrogens is 2. The first-order chi connectivity index (χ1) is 12.1. The minimum atomic E-state index is -0.0474. The van der Waals surface area contributed by atoms with Crippen LogP contribution in [0.5, 0.6) is 0 Å². The average molecular weight is 374 g/mol. The van der Waals surface area contributed by atoms with Gasteiger partial charge >= 0.3 is 0 Å². The van der Waals surface area contributed by atoms with Gasteiger partial charge in [0.2, 0.25) is 11.8 Å². The topological polar surface area (TPSA) is 68.0 Å². The van der Waals surface area contributed by atoms with Gasteiger partial charge in [-0.25, -0.2) is 0 Å². The molecule has 2 aromatic carbocycles. The van der Waals surface area contributed by atoms with Crippen molar-refractivity contribution in [3.05, 3.63) is 59.1 Å². The number of hydrogen-bond acceptors (Lipinski definition) is 5. The van der Waals surface area contributed by atoms with Gasteiger partial charge in [-0.3, -0.25) is 4.79 Å². The number of nitrogens with zero attached hydrogens (tertiary/aromatic N) is 2. The van der Waals surface area contributed by atoms with Gasteiger partial charge in [0.1, 0.15) is 0 Å². The maximum atomic E-state index is 11.9. The van der Waals surface area contributed by atoms with E-state index in [1.165, 1.54) is 11.8 Å². The SMILES string of the molecule is Cc1ccc(NC(=O)CCSc2nnc(-c3ccc(Cl)cc3)o2)cc1. The summed E-state index contributed by atoms with van der Waals surface area (Å²) in [6.07, 6.45) is 0.358. The second-order valence-corrected chi connectivity index (χ2v) is 6.88. The monoisotopic (exact) mass is 373 g/mol. The molecule has 1 heterocycles. The average Bonchev–Trinajstić information content (AvgIpc) is 3.06. The van der Waals surface area contributed by atoms with E-state index >= 15 is 0 Å². The molecule has 0 aliphatic rings. The number of amides is 1. The van der Waals surface area contributed by atoms with Crippen LogP contribution in [0.15, 0.2) is 58.2 Å². The maximum Gasteiger partial charge on any atom is 0.276 e. The highest BCUT2D eigenvalue weighted by Gasteiger charge is 2.10. The van der Waals surface area contributed by atoms with Crippen LogP contribution in [0.3, 0.4) is 0 Å². The molecule has 0 unspecified atom stereocenters. The van der Waals surface area contributed by atoms with E-state index in [0.717, 1.165) is 16.8 Å². The van der Waals surface area contributed by atoms with Crippen molar-refractivity contribution in [1.29, 1.82) is 0 Å². The van der Waals surface area contributed by atoms with Crippen molar-refractivity contribution >= 4 is 35.0 Å². The normalized spacial score (nSPS) is 10.6. The summed E-state index contributed by atoms with van der Waals surface area (Å²) in [6.45, 7) is 2.00. The molecule has 3 aromatic rings. The van der Waals surface area contributed by atoms with Crippen molar-refractivity contribution in [1.82, 2.24) is 10.2 Å². The molecule has 1 aromatic heterocycles. The quantitative estimate of drug-likeness (QED) is 0.627. The Morgan fingerprint density at radius 1 is 1.12 bits per heavy atom. The van der Waals surface area contributed by atoms with Crippen molar-refractivity contribution < 1.29 is 9.21 Å². The minimum Gasteiger partial charge on any atom is -0.411 e. The van der Waals surface area contributed by atoms with E-state index in [2.05, 4.69) is 15.5 Å². The highest BCUT2D eigenvalue weighted by molar-refractivity contribution is 7.99. The van der Waals surface area contributed by atoms with Crippen molar-refractivity contribution in [2.24, 2.45) is 0 Å². The Labute approximate surface area is 154 Å². The molecule has 7 heteroatoms. The molecule has 5 nitrogen and oxygen atoms in total. The summed E-state index contributed by atoms with van der Waals surface area (Å²) in [5.74, 6) is 0.942. The number of carbonyl (C=O) groups is 1. The van der Waals surface area contributed by atoms with Crippen LogP contribution in [0, 0.1) is 6.92 Å². The third-order valence-electron chi connectivity index (χ3n) is 3.39. The van der Waals surface area contributed by atoms with Crippen molar-refractivity contribution in [3.8, 4) is 11.5 Å². The van der Waals surface area contributed by atoms with Crippen molar-refractivity contribution in [2.45, 2.75) is 18.6 Å². The van der Waals surface area contributed by atoms with E-state index in [4.69, 9.17) is 16.0 Å². The van der Waals surface area contributed by atoms with E-state index in [9.17, 15) is 4.79 Å². The fraction of sp³-hybridized carbons (Fsp3) is 0.167. The first-order valence-electron chi connectivity index (χ1n) is 7.69. The van der Waals surface area contributed by atoms with Crippen LogP contribution >= 0.6 is 23.4 Å². The van der Waals surface area contributed by atoms with E-state index in [1.807, 2.05) is 43.3 Å². The molecule has 0 fully saturated rings. The van der Waals surface area contributed by atoms with Gasteiger partial charge in [-0.15, -0.1) is 10.2 Å². The molecule has 0 bridgehead atoms. The Hall–Kier alpha value is -2.31. The summed E-state index contributed by atoms with van der Waals surface area (Å²) in [4.78, 5) is 11.9. The van der Waals surface area contributed by atoms with E-state index in [1.54, 1.807) is 12.1 Å². The van der Waals surface area contributed by atoms with E-state index in [-0.39, 0.29) is 5.91 Å². The van der Waals surface area contributed by atoms with Gasteiger partial charge in [0.05, 0.1) is 0 Å². The molecule has 0 atom stereocenters. The molecule has 3 rings (SSSR count). The fourth-order valence-electron chi connectivity index (χ4n) is 2.07. The fourth-order valence-corrected chi connectivity index (χ4v) is 2.89. The van der Waals surface area contributed by atoms with Crippen LogP contribution in [0.25, 0.3) is 11.5 Å². The van der Waals surface area contributed by atoms with Gasteiger partial charge in [0.15, 0.2) is 0 Å². The third-order valence-corrected chi connectivity index (χ3v) is 4.46. The van der Waals surface area contributed by atoms with Crippen molar-refractivity contribution in [3.63, 3.8) is 0 Å². The summed E-state index contributed by atoms with van der Waals surface area (Å²) in [7, 11) is 0. The lowest BCUT2D eigenvalue weighted by Crippen LogP contribution is -2.12. The zero-order chi connectivity index (χ0) is 17.6. The number of anilines is 1. The van der Waals surface area contributed by atoms with Gasteiger partial charge in [0.25, 0.3) is 5.22 Å². The Morgan fingerprint density at radius 2 is 1.84 bits per heavy atom. The smallest absolute Gasteiger partial charge is 0.276 e. The number of thioether (sulfide) groups is 1. The lowest BCUT2D eigenvalue weighted by Gasteiger charge is -2.04. The second kappa shape index (κ2) is 8.18. The van der Waals surface area contributed by atoms with E-state index in [0.29, 0.717) is 28.3 Å². The number of carbonyl (C=O) groups excluding carboxylic acids is 1. The van der Waals surface area contributed by atoms with Crippen molar-refractivity contribution in [2.75, 3.05) is 11.1 Å². The van der Waals surface area contributed by atoms with Crippen LogP contribution in [-0.2, 0) is 4.79 Å². The molecule has 25 heavy (non-hydrogen) atoms. The summed E-state index contributed by atoms with van der Waals surface area (Å²) < 4.78 is 5.59. The highest BCUT2D eigenvalue weighted by Crippen LogP contribution is 2.24. The van der Waals surface area contributed by atoms with Crippen LogP contribution in [-0.4, -0.2) is 21.9 Å². The van der Waals surface area contributed by atoms with Crippen LogP contribution in [0.2, 0.25) is 5.02 Å². The molecule has 0 aliphatic carbocycles. The van der Waals surface area contributed by atoms with Crippen LogP contribution in [0.1, 0.15) is 12.0 Å². The van der Waals surface area contributed by atoms with Gasteiger partial charge in [-0.1, -0.05) is 41.1 Å². The van der Waals surface area contributed by atoms with E-state index < -0.39 is 0 Å². The van der Waals surface area contributed by atoms with Gasteiger partial charge < -0.3 is 9.73 Å². The summed E-state index contributed by atoms with van der Waals surface area (Å²) >= 11 is 7.21. The van der Waals surface area contributed by atoms with Gasteiger partial charge in [0, 0.05) is 28.4 Å². The molecule has 0 radical (unpaired) electrons. The predicted molar refractivity (Wildman–Crippen MR) is 99.9 cm³/mol. The third kappa shape index (κ3) is 5.08. The van der Waals surface area contributed by atoms with Gasteiger partial charge in [-0.2, -0.15) is 0 Å².